The molecule has 2 aromatic carbocycles. The van der Waals surface area contributed by atoms with E-state index in [1.165, 1.54) is 0 Å². The van der Waals surface area contributed by atoms with Crippen LogP contribution >= 0.6 is 0 Å². The van der Waals surface area contributed by atoms with Crippen molar-refractivity contribution >= 4 is 12.8 Å². The molecule has 2 atom stereocenters. The summed E-state index contributed by atoms with van der Waals surface area (Å²) < 4.78 is 11.5. The minimum Gasteiger partial charge on any atom is -0.379 e. The number of carbonyl (C=O) groups is 2. The summed E-state index contributed by atoms with van der Waals surface area (Å²) in [5.41, 5.74) is 2.08. The van der Waals surface area contributed by atoms with Gasteiger partial charge in [-0.1, -0.05) is 73.5 Å². The molecule has 2 rings (SSSR count). The van der Waals surface area contributed by atoms with Crippen LogP contribution < -0.4 is 10.6 Å². The molecule has 6 heteroatoms. The van der Waals surface area contributed by atoms with Crippen molar-refractivity contribution in [2.24, 2.45) is 0 Å². The quantitative estimate of drug-likeness (QED) is 0.308. The lowest BCUT2D eigenvalue weighted by atomic mass is 10.1. The first-order chi connectivity index (χ1) is 14.8. The van der Waals surface area contributed by atoms with E-state index in [-0.39, 0.29) is 12.1 Å². The van der Waals surface area contributed by atoms with Crippen molar-refractivity contribution in [3.63, 3.8) is 0 Å². The van der Waals surface area contributed by atoms with Crippen LogP contribution in [0.1, 0.15) is 48.9 Å². The van der Waals surface area contributed by atoms with Gasteiger partial charge in [0, 0.05) is 13.2 Å². The summed E-state index contributed by atoms with van der Waals surface area (Å²) in [6.45, 7) is 2.28. The molecular formula is C24H32N2O4. The summed E-state index contributed by atoms with van der Waals surface area (Å²) in [5, 5.41) is 5.61. The van der Waals surface area contributed by atoms with E-state index < -0.39 is 0 Å². The van der Waals surface area contributed by atoms with Gasteiger partial charge in [-0.3, -0.25) is 9.59 Å². The molecule has 0 aromatic heterocycles. The third-order valence-corrected chi connectivity index (χ3v) is 4.84. The van der Waals surface area contributed by atoms with Crippen molar-refractivity contribution in [1.82, 2.24) is 10.6 Å². The Morgan fingerprint density at radius 2 is 1.03 bits per heavy atom. The molecule has 0 fully saturated rings. The summed E-state index contributed by atoms with van der Waals surface area (Å²) in [6, 6.07) is 19.4. The second kappa shape index (κ2) is 15.2. The van der Waals surface area contributed by atoms with E-state index in [1.807, 2.05) is 60.7 Å². The number of benzene rings is 2. The Labute approximate surface area is 179 Å². The summed E-state index contributed by atoms with van der Waals surface area (Å²) >= 11 is 0. The second-order valence-corrected chi connectivity index (χ2v) is 7.06. The highest BCUT2D eigenvalue weighted by Gasteiger charge is 2.10. The minimum atomic E-state index is -0.116. The van der Waals surface area contributed by atoms with Gasteiger partial charge < -0.3 is 20.1 Å². The van der Waals surface area contributed by atoms with Gasteiger partial charge >= 0.3 is 0 Å². The standard InChI is InChI=1S/C24H32N2O4/c27-19-25-23(21-11-5-3-6-12-21)17-29-15-9-1-2-10-16-30-18-24(26-20-28)22-13-7-4-8-14-22/h3-8,11-14,19-20,23-24H,1-2,9-10,15-18H2,(H,25,27)(H,26,28)/t23-,24-/m1/s1. The van der Waals surface area contributed by atoms with Crippen LogP contribution in [0, 0.1) is 0 Å². The molecule has 2 N–H and O–H groups in total. The zero-order valence-electron chi connectivity index (χ0n) is 17.4. The highest BCUT2D eigenvalue weighted by Crippen LogP contribution is 2.14. The molecule has 0 aliphatic heterocycles. The van der Waals surface area contributed by atoms with E-state index in [4.69, 9.17) is 9.47 Å². The number of unbranched alkanes of at least 4 members (excludes halogenated alkanes) is 3. The number of amides is 2. The number of ether oxygens (including phenoxy) is 2. The highest BCUT2D eigenvalue weighted by atomic mass is 16.5. The molecule has 0 heterocycles. The molecule has 0 aliphatic carbocycles. The first-order valence-corrected chi connectivity index (χ1v) is 10.5. The fourth-order valence-electron chi connectivity index (χ4n) is 3.18. The van der Waals surface area contributed by atoms with E-state index in [9.17, 15) is 9.59 Å². The van der Waals surface area contributed by atoms with E-state index in [0.29, 0.717) is 39.2 Å². The van der Waals surface area contributed by atoms with Crippen molar-refractivity contribution < 1.29 is 19.1 Å². The average molecular weight is 413 g/mol. The Kier molecular flexibility index (Phi) is 11.9. The Morgan fingerprint density at radius 1 is 0.633 bits per heavy atom. The smallest absolute Gasteiger partial charge is 0.207 e. The average Bonchev–Trinajstić information content (AvgIpc) is 2.80. The van der Waals surface area contributed by atoms with Crippen molar-refractivity contribution in [2.75, 3.05) is 26.4 Å². The maximum absolute atomic E-state index is 10.8. The molecule has 0 unspecified atom stereocenters. The lowest BCUT2D eigenvalue weighted by Gasteiger charge is -2.17. The molecule has 30 heavy (non-hydrogen) atoms. The van der Waals surface area contributed by atoms with Crippen LogP contribution in [0.3, 0.4) is 0 Å². The van der Waals surface area contributed by atoms with Gasteiger partial charge in [0.2, 0.25) is 12.8 Å². The van der Waals surface area contributed by atoms with Crippen LogP contribution in [0.4, 0.5) is 0 Å². The van der Waals surface area contributed by atoms with Gasteiger partial charge in [0.15, 0.2) is 0 Å². The van der Waals surface area contributed by atoms with Gasteiger partial charge in [0.1, 0.15) is 0 Å². The van der Waals surface area contributed by atoms with Crippen molar-refractivity contribution in [3.05, 3.63) is 71.8 Å². The topological polar surface area (TPSA) is 76.7 Å². The first-order valence-electron chi connectivity index (χ1n) is 10.5. The van der Waals surface area contributed by atoms with Crippen LogP contribution in [0.15, 0.2) is 60.7 Å². The van der Waals surface area contributed by atoms with E-state index >= 15 is 0 Å². The molecule has 0 saturated heterocycles. The fourth-order valence-corrected chi connectivity index (χ4v) is 3.18. The fraction of sp³-hybridized carbons (Fsp3) is 0.417. The molecule has 0 radical (unpaired) electrons. The lowest BCUT2D eigenvalue weighted by molar-refractivity contribution is -0.111. The van der Waals surface area contributed by atoms with E-state index in [1.54, 1.807) is 0 Å². The van der Waals surface area contributed by atoms with Gasteiger partial charge in [-0.2, -0.15) is 0 Å². The van der Waals surface area contributed by atoms with Crippen LogP contribution in [-0.2, 0) is 19.1 Å². The van der Waals surface area contributed by atoms with Crippen molar-refractivity contribution in [3.8, 4) is 0 Å². The number of hydrogen-bond donors (Lipinski definition) is 2. The molecule has 6 nitrogen and oxygen atoms in total. The van der Waals surface area contributed by atoms with Crippen LogP contribution in [0.5, 0.6) is 0 Å². The Balaban J connectivity index is 1.51. The van der Waals surface area contributed by atoms with Crippen molar-refractivity contribution in [1.29, 1.82) is 0 Å². The Hall–Kier alpha value is -2.70. The van der Waals surface area contributed by atoms with Gasteiger partial charge in [-0.15, -0.1) is 0 Å². The van der Waals surface area contributed by atoms with Crippen molar-refractivity contribution in [2.45, 2.75) is 37.8 Å². The lowest BCUT2D eigenvalue weighted by Crippen LogP contribution is -2.24. The molecule has 0 saturated carbocycles. The number of hydrogen-bond acceptors (Lipinski definition) is 4. The largest absolute Gasteiger partial charge is 0.379 e. The molecule has 2 amide bonds. The summed E-state index contributed by atoms with van der Waals surface area (Å²) in [5.74, 6) is 0. The maximum atomic E-state index is 10.8. The Morgan fingerprint density at radius 3 is 1.40 bits per heavy atom. The number of rotatable bonds is 17. The zero-order valence-corrected chi connectivity index (χ0v) is 17.4. The molecular weight excluding hydrogens is 380 g/mol. The first kappa shape index (κ1) is 23.6. The molecule has 162 valence electrons. The van der Waals surface area contributed by atoms with Gasteiger partial charge in [-0.05, 0) is 24.0 Å². The predicted octanol–water partition coefficient (Wildman–Crippen LogP) is 3.55. The monoisotopic (exact) mass is 412 g/mol. The molecule has 0 spiro atoms. The number of carbonyl (C=O) groups excluding carboxylic acids is 2. The predicted molar refractivity (Wildman–Crippen MR) is 117 cm³/mol. The van der Waals surface area contributed by atoms with Crippen LogP contribution in [0.25, 0.3) is 0 Å². The third kappa shape index (κ3) is 9.20. The van der Waals surface area contributed by atoms with E-state index in [2.05, 4.69) is 10.6 Å². The maximum Gasteiger partial charge on any atom is 0.207 e. The minimum absolute atomic E-state index is 0.116. The SMILES string of the molecule is O=CN[C@H](COCCCCCCOC[C@@H](NC=O)c1ccccc1)c1ccccc1. The summed E-state index contributed by atoms with van der Waals surface area (Å²) in [7, 11) is 0. The van der Waals surface area contributed by atoms with Gasteiger partial charge in [-0.25, -0.2) is 0 Å². The van der Waals surface area contributed by atoms with Gasteiger partial charge in [0.05, 0.1) is 25.3 Å². The normalized spacial score (nSPS) is 12.7. The zero-order chi connectivity index (χ0) is 21.3. The van der Waals surface area contributed by atoms with Crippen LogP contribution in [0.2, 0.25) is 0 Å². The second-order valence-electron chi connectivity index (χ2n) is 7.06. The highest BCUT2D eigenvalue weighted by molar-refractivity contribution is 5.48. The van der Waals surface area contributed by atoms with Crippen LogP contribution in [-0.4, -0.2) is 39.2 Å². The summed E-state index contributed by atoms with van der Waals surface area (Å²) in [4.78, 5) is 21.6. The summed E-state index contributed by atoms with van der Waals surface area (Å²) in [6.07, 6.45) is 5.51. The Bertz CT molecular complexity index is 635. The van der Waals surface area contributed by atoms with E-state index in [0.717, 1.165) is 36.8 Å². The molecule has 0 bridgehead atoms. The van der Waals surface area contributed by atoms with Gasteiger partial charge in [0.25, 0.3) is 0 Å². The molecule has 0 aliphatic rings. The molecule has 2 aromatic rings. The third-order valence-electron chi connectivity index (χ3n) is 4.84. The number of nitrogens with one attached hydrogen (secondary N) is 2.